The standard InChI is InChI=1S/C3H7Br2N/c4-2-1-3-6-5/h6H,1-3H2/p+1. The van der Waals surface area contributed by atoms with Gasteiger partial charge in [0.25, 0.3) is 0 Å². The molecule has 0 rings (SSSR count). The molecule has 0 unspecified atom stereocenters. The molecular weight excluding hydrogens is 210 g/mol. The number of hydrogen-bond acceptors (Lipinski definition) is 1. The lowest BCUT2D eigenvalue weighted by Crippen LogP contribution is -1.99. The van der Waals surface area contributed by atoms with Gasteiger partial charge in [-0.25, -0.2) is 0 Å². The molecule has 1 nitrogen and oxygen atoms in total. The first-order valence-corrected chi connectivity index (χ1v) is 3.72. The van der Waals surface area contributed by atoms with Crippen LogP contribution in [-0.4, -0.2) is 11.9 Å². The van der Waals surface area contributed by atoms with E-state index in [1.165, 1.54) is 6.42 Å². The number of nitrogens with one attached hydrogen (secondary N) is 1. The average Bonchev–Trinajstić information content (AvgIpc) is 1.61. The van der Waals surface area contributed by atoms with Crippen molar-refractivity contribution in [3.63, 3.8) is 0 Å². The molecule has 0 bridgehead atoms. The molecular formula is C3H8Br2N+. The van der Waals surface area contributed by atoms with Crippen LogP contribution in [-0.2, 0) is 0 Å². The van der Waals surface area contributed by atoms with Crippen molar-refractivity contribution in [2.24, 2.45) is 0 Å². The van der Waals surface area contributed by atoms with Gasteiger partial charge in [-0.05, 0) is 6.42 Å². The average molecular weight is 218 g/mol. The normalized spacial score (nSPS) is 9.00. The third-order valence-corrected chi connectivity index (χ3v) is 1.36. The van der Waals surface area contributed by atoms with E-state index in [0.29, 0.717) is 0 Å². The van der Waals surface area contributed by atoms with Crippen LogP contribution in [0, 0.1) is 0 Å². The SMILES string of the molecule is BrCCCNBr.[H+]. The number of halogens is 2. The molecule has 6 heavy (non-hydrogen) atoms. The lowest BCUT2D eigenvalue weighted by atomic mass is 10.5. The van der Waals surface area contributed by atoms with E-state index in [1.807, 2.05) is 0 Å². The zero-order chi connectivity index (χ0) is 4.83. The van der Waals surface area contributed by atoms with Gasteiger partial charge in [0.15, 0.2) is 0 Å². The van der Waals surface area contributed by atoms with Gasteiger partial charge in [0, 0.05) is 28.0 Å². The highest BCUT2D eigenvalue weighted by Gasteiger charge is 1.76. The fourth-order valence-corrected chi connectivity index (χ4v) is 0.694. The van der Waals surface area contributed by atoms with Crippen LogP contribution in [0.4, 0.5) is 0 Å². The van der Waals surface area contributed by atoms with Gasteiger partial charge in [-0.2, -0.15) is 0 Å². The fourth-order valence-electron chi connectivity index (χ4n) is 0.134. The summed E-state index contributed by atoms with van der Waals surface area (Å²) in [5.74, 6) is 0. The van der Waals surface area contributed by atoms with Gasteiger partial charge in [0.1, 0.15) is 0 Å². The first-order chi connectivity index (χ1) is 2.91. The lowest BCUT2D eigenvalue weighted by Gasteiger charge is -1.86. The van der Waals surface area contributed by atoms with E-state index in [4.69, 9.17) is 0 Å². The maximum atomic E-state index is 3.29. The molecule has 0 spiro atoms. The molecule has 1 N–H and O–H groups in total. The first-order valence-electron chi connectivity index (χ1n) is 1.81. The van der Waals surface area contributed by atoms with Crippen LogP contribution < -0.4 is 4.34 Å². The van der Waals surface area contributed by atoms with Gasteiger partial charge in [0.05, 0.1) is 0 Å². The molecule has 0 aromatic heterocycles. The Morgan fingerprint density at radius 2 is 2.33 bits per heavy atom. The maximum absolute atomic E-state index is 3.29. The van der Waals surface area contributed by atoms with Gasteiger partial charge >= 0.3 is 1.43 Å². The molecule has 0 saturated heterocycles. The van der Waals surface area contributed by atoms with Crippen molar-refractivity contribution in [3.8, 4) is 0 Å². The van der Waals surface area contributed by atoms with Gasteiger partial charge in [-0.15, -0.1) is 0 Å². The van der Waals surface area contributed by atoms with Crippen LogP contribution in [0.25, 0.3) is 0 Å². The van der Waals surface area contributed by atoms with E-state index in [0.717, 1.165) is 11.9 Å². The van der Waals surface area contributed by atoms with Crippen molar-refractivity contribution in [3.05, 3.63) is 0 Å². The van der Waals surface area contributed by atoms with E-state index >= 15 is 0 Å². The van der Waals surface area contributed by atoms with Crippen molar-refractivity contribution >= 4 is 32.1 Å². The highest BCUT2D eigenvalue weighted by Crippen LogP contribution is 1.84. The van der Waals surface area contributed by atoms with Gasteiger partial charge in [-0.1, -0.05) is 15.9 Å². The van der Waals surface area contributed by atoms with E-state index < -0.39 is 0 Å². The largest absolute Gasteiger partial charge is 1.00 e. The topological polar surface area (TPSA) is 12.0 Å². The van der Waals surface area contributed by atoms with Crippen LogP contribution in [0.2, 0.25) is 0 Å². The van der Waals surface area contributed by atoms with Crippen molar-refractivity contribution in [1.82, 2.24) is 4.34 Å². The summed E-state index contributed by atoms with van der Waals surface area (Å²) in [4.78, 5) is 0. The molecule has 0 atom stereocenters. The Labute approximate surface area is 56.4 Å². The van der Waals surface area contributed by atoms with Crippen LogP contribution in [0.5, 0.6) is 0 Å². The second-order valence-corrected chi connectivity index (χ2v) is 2.28. The number of alkyl halides is 1. The Morgan fingerprint density at radius 3 is 2.50 bits per heavy atom. The van der Waals surface area contributed by atoms with Gasteiger partial charge in [0.2, 0.25) is 0 Å². The van der Waals surface area contributed by atoms with Crippen molar-refractivity contribution in [2.75, 3.05) is 11.9 Å². The van der Waals surface area contributed by atoms with Crippen LogP contribution in [0.3, 0.4) is 0 Å². The Bertz CT molecular complexity index is 24.9. The second kappa shape index (κ2) is 5.92. The minimum absolute atomic E-state index is 0. The molecule has 0 aliphatic carbocycles. The summed E-state index contributed by atoms with van der Waals surface area (Å²) in [7, 11) is 0. The Balaban J connectivity index is 0. The molecule has 0 aromatic carbocycles. The number of rotatable bonds is 3. The van der Waals surface area contributed by atoms with Crippen molar-refractivity contribution in [2.45, 2.75) is 6.42 Å². The third kappa shape index (κ3) is 4.92. The smallest absolute Gasteiger partial charge is 0.256 e. The van der Waals surface area contributed by atoms with E-state index in [-0.39, 0.29) is 1.43 Å². The molecule has 0 amide bonds. The predicted molar refractivity (Wildman–Crippen MR) is 36.5 cm³/mol. The van der Waals surface area contributed by atoms with E-state index in [2.05, 4.69) is 36.4 Å². The summed E-state index contributed by atoms with van der Waals surface area (Å²) in [6.45, 7) is 1.03. The highest BCUT2D eigenvalue weighted by atomic mass is 79.9. The molecule has 3 heteroatoms. The monoisotopic (exact) mass is 216 g/mol. The summed E-state index contributed by atoms with van der Waals surface area (Å²) in [6, 6.07) is 0. The lowest BCUT2D eigenvalue weighted by molar-refractivity contribution is 0.903. The summed E-state index contributed by atoms with van der Waals surface area (Å²) in [5, 5.41) is 1.08. The van der Waals surface area contributed by atoms with Crippen LogP contribution in [0.15, 0.2) is 0 Å². The summed E-state index contributed by atoms with van der Waals surface area (Å²) < 4.78 is 2.85. The Hall–Kier alpha value is 0.920. The molecule has 0 radical (unpaired) electrons. The highest BCUT2D eigenvalue weighted by molar-refractivity contribution is 9.09. The zero-order valence-corrected chi connectivity index (χ0v) is 6.55. The van der Waals surface area contributed by atoms with Crippen molar-refractivity contribution in [1.29, 1.82) is 0 Å². The molecule has 0 aliphatic rings. The molecule has 38 valence electrons. The number of hydrogen-bond donors (Lipinski definition) is 1. The fraction of sp³-hybridized carbons (Fsp3) is 1.00. The third-order valence-electron chi connectivity index (χ3n) is 0.405. The summed E-state index contributed by atoms with van der Waals surface area (Å²) in [6.07, 6.45) is 1.17. The van der Waals surface area contributed by atoms with E-state index in [9.17, 15) is 0 Å². The van der Waals surface area contributed by atoms with E-state index in [1.54, 1.807) is 0 Å². The molecule has 0 saturated carbocycles. The molecule has 0 aromatic rings. The summed E-state index contributed by atoms with van der Waals surface area (Å²) in [5.41, 5.74) is 0. The summed E-state index contributed by atoms with van der Waals surface area (Å²) >= 11 is 6.37. The van der Waals surface area contributed by atoms with Crippen LogP contribution >= 0.6 is 32.1 Å². The molecule has 0 heterocycles. The quantitative estimate of drug-likeness (QED) is 0.432. The second-order valence-electron chi connectivity index (χ2n) is 0.926. The zero-order valence-electron chi connectivity index (χ0n) is 4.38. The Morgan fingerprint density at radius 1 is 1.67 bits per heavy atom. The Kier molecular flexibility index (Phi) is 6.83. The van der Waals surface area contributed by atoms with Crippen LogP contribution in [0.1, 0.15) is 7.85 Å². The van der Waals surface area contributed by atoms with Gasteiger partial charge in [-0.3, -0.25) is 4.34 Å². The molecule has 0 aliphatic heterocycles. The first kappa shape index (κ1) is 6.92. The minimum Gasteiger partial charge on any atom is -0.256 e. The van der Waals surface area contributed by atoms with Crippen molar-refractivity contribution < 1.29 is 1.43 Å². The molecule has 0 fully saturated rings. The minimum atomic E-state index is 0. The predicted octanol–water partition coefficient (Wildman–Crippen LogP) is 1.78. The maximum Gasteiger partial charge on any atom is 1.00 e. The van der Waals surface area contributed by atoms with Gasteiger partial charge < -0.3 is 0 Å².